The van der Waals surface area contributed by atoms with Crippen LogP contribution in [0.5, 0.6) is 0 Å². The second kappa shape index (κ2) is 5.97. The summed E-state index contributed by atoms with van der Waals surface area (Å²) in [4.78, 5) is 0.406. The van der Waals surface area contributed by atoms with Crippen LogP contribution in [0, 0.1) is 0 Å². The standard InChI is InChI=1S/C16H14F3S.BrH/c1-2-4-11-7-8-13-10-15(12-5-3-6-12)20(14(13)9-11)16(17,18)19;/h3,5-10H,2,4H2,1H3;1H/q+1;/p-1. The Labute approximate surface area is 134 Å². The molecule has 0 radical (unpaired) electrons. The SMILES string of the molecule is CCCc1ccc2cc(C3=CC=C3)[s+](C(F)(F)F)c2c1.[Br-]. The summed E-state index contributed by atoms with van der Waals surface area (Å²) in [5.74, 6) is 0. The van der Waals surface area contributed by atoms with E-state index in [1.54, 1.807) is 30.4 Å². The first kappa shape index (κ1) is 16.3. The van der Waals surface area contributed by atoms with Gasteiger partial charge in [0.25, 0.3) is 0 Å². The molecule has 0 N–H and O–H groups in total. The van der Waals surface area contributed by atoms with Crippen molar-refractivity contribution in [3.8, 4) is 0 Å². The van der Waals surface area contributed by atoms with Crippen LogP contribution in [0.15, 0.2) is 42.5 Å². The van der Waals surface area contributed by atoms with Gasteiger partial charge in [0.15, 0.2) is 9.58 Å². The summed E-state index contributed by atoms with van der Waals surface area (Å²) < 4.78 is 40.8. The second-order valence-electron chi connectivity index (χ2n) is 4.86. The van der Waals surface area contributed by atoms with Gasteiger partial charge >= 0.3 is 5.51 Å². The van der Waals surface area contributed by atoms with Crippen LogP contribution in [-0.4, -0.2) is 0 Å². The Bertz CT molecular complexity index is 723. The van der Waals surface area contributed by atoms with Gasteiger partial charge in [0.2, 0.25) is 0 Å². The zero-order chi connectivity index (χ0) is 14.3. The third kappa shape index (κ3) is 2.94. The minimum absolute atomic E-state index is 0. The lowest BCUT2D eigenvalue weighted by Crippen LogP contribution is -3.00. The van der Waals surface area contributed by atoms with Gasteiger partial charge in [-0.05, 0) is 30.2 Å². The normalized spacial score (nSPS) is 14.7. The Morgan fingerprint density at radius 2 is 1.86 bits per heavy atom. The fourth-order valence-corrected chi connectivity index (χ4v) is 4.43. The molecule has 0 nitrogen and oxygen atoms in total. The highest BCUT2D eigenvalue weighted by atomic mass is 79.9. The third-order valence-electron chi connectivity index (χ3n) is 3.41. The second-order valence-corrected chi connectivity index (χ2v) is 6.82. The summed E-state index contributed by atoms with van der Waals surface area (Å²) in [6.45, 7) is 2.03. The first-order valence-corrected chi connectivity index (χ1v) is 7.77. The Hall–Kier alpha value is -1.07. The van der Waals surface area contributed by atoms with Gasteiger partial charge < -0.3 is 17.0 Å². The van der Waals surface area contributed by atoms with E-state index in [4.69, 9.17) is 0 Å². The smallest absolute Gasteiger partial charge is 0.601 e. The average Bonchev–Trinajstić information content (AvgIpc) is 2.64. The van der Waals surface area contributed by atoms with Crippen LogP contribution in [0.1, 0.15) is 23.8 Å². The van der Waals surface area contributed by atoms with Crippen molar-refractivity contribution in [1.29, 1.82) is 0 Å². The Kier molecular flexibility index (Phi) is 4.63. The highest BCUT2D eigenvalue weighted by Gasteiger charge is 2.48. The first-order chi connectivity index (χ1) is 9.50. The molecule has 0 saturated carbocycles. The Balaban J connectivity index is 0.00000161. The summed E-state index contributed by atoms with van der Waals surface area (Å²) in [5.41, 5.74) is -2.52. The van der Waals surface area contributed by atoms with Gasteiger partial charge in [-0.2, -0.15) is 0 Å². The molecule has 1 aromatic heterocycles. The maximum Gasteiger partial charge on any atom is 0.601 e. The minimum Gasteiger partial charge on any atom is -1.00 e. The molecule has 0 saturated heterocycles. The van der Waals surface area contributed by atoms with Crippen molar-refractivity contribution in [3.05, 3.63) is 52.9 Å². The summed E-state index contributed by atoms with van der Waals surface area (Å²) >= 11 is 0. The maximum absolute atomic E-state index is 13.4. The predicted molar refractivity (Wildman–Crippen MR) is 78.8 cm³/mol. The van der Waals surface area contributed by atoms with Gasteiger partial charge in [-0.25, -0.2) is 0 Å². The lowest BCUT2D eigenvalue weighted by Gasteiger charge is -2.04. The molecule has 2 aromatic rings. The lowest BCUT2D eigenvalue weighted by molar-refractivity contribution is -0.0866. The number of alkyl halides is 3. The highest BCUT2D eigenvalue weighted by molar-refractivity contribution is 7.39. The van der Waals surface area contributed by atoms with Crippen molar-refractivity contribution < 1.29 is 30.2 Å². The van der Waals surface area contributed by atoms with E-state index in [2.05, 4.69) is 0 Å². The largest absolute Gasteiger partial charge is 1.00 e. The van der Waals surface area contributed by atoms with E-state index in [0.717, 1.165) is 18.4 Å². The van der Waals surface area contributed by atoms with E-state index in [-0.39, 0.29) is 17.0 Å². The van der Waals surface area contributed by atoms with Crippen molar-refractivity contribution in [2.75, 3.05) is 0 Å². The molecule has 21 heavy (non-hydrogen) atoms. The molecular weight excluding hydrogens is 361 g/mol. The zero-order valence-corrected chi connectivity index (χ0v) is 13.8. The molecule has 0 bridgehead atoms. The molecule has 0 amide bonds. The van der Waals surface area contributed by atoms with Crippen LogP contribution >= 0.6 is 10.5 Å². The maximum atomic E-state index is 13.4. The molecule has 1 atom stereocenters. The molecule has 1 aliphatic carbocycles. The molecule has 1 aromatic carbocycles. The predicted octanol–water partition coefficient (Wildman–Crippen LogP) is 2.97. The number of fused-ring (bicyclic) bond motifs is 1. The molecule has 5 heteroatoms. The molecule has 1 heterocycles. The monoisotopic (exact) mass is 374 g/mol. The van der Waals surface area contributed by atoms with Gasteiger partial charge in [0, 0.05) is 23.1 Å². The van der Waals surface area contributed by atoms with Crippen LogP contribution in [0.3, 0.4) is 0 Å². The average molecular weight is 375 g/mol. The van der Waals surface area contributed by atoms with Crippen LogP contribution in [0.25, 0.3) is 15.7 Å². The topological polar surface area (TPSA) is 0 Å². The van der Waals surface area contributed by atoms with Gasteiger partial charge in [-0.3, -0.25) is 0 Å². The van der Waals surface area contributed by atoms with E-state index >= 15 is 0 Å². The van der Waals surface area contributed by atoms with E-state index in [0.29, 0.717) is 20.5 Å². The molecule has 3 rings (SSSR count). The summed E-state index contributed by atoms with van der Waals surface area (Å²) in [6, 6.07) is 7.19. The summed E-state index contributed by atoms with van der Waals surface area (Å²) in [6.07, 6.45) is 7.03. The molecule has 0 fully saturated rings. The number of aryl methyl sites for hydroxylation is 1. The minimum atomic E-state index is -4.22. The van der Waals surface area contributed by atoms with Crippen molar-refractivity contribution in [3.63, 3.8) is 0 Å². The number of halogens is 4. The molecular formula is C16H14BrF3S. The van der Waals surface area contributed by atoms with Crippen molar-refractivity contribution in [2.45, 2.75) is 25.3 Å². The number of thiophene rings is 1. The van der Waals surface area contributed by atoms with Crippen LogP contribution in [0.2, 0.25) is 0 Å². The fraction of sp³-hybridized carbons (Fsp3) is 0.250. The van der Waals surface area contributed by atoms with Gasteiger partial charge in [-0.1, -0.05) is 25.5 Å². The highest BCUT2D eigenvalue weighted by Crippen LogP contribution is 2.53. The van der Waals surface area contributed by atoms with Crippen molar-refractivity contribution in [1.82, 2.24) is 0 Å². The lowest BCUT2D eigenvalue weighted by atomic mass is 10.1. The number of allylic oxidation sites excluding steroid dienone is 4. The van der Waals surface area contributed by atoms with Gasteiger partial charge in [0.1, 0.15) is 10.5 Å². The third-order valence-corrected chi connectivity index (χ3v) is 5.46. The van der Waals surface area contributed by atoms with E-state index in [9.17, 15) is 13.2 Å². The van der Waals surface area contributed by atoms with Crippen LogP contribution < -0.4 is 17.0 Å². The number of rotatable bonds is 3. The van der Waals surface area contributed by atoms with Gasteiger partial charge in [-0.15, -0.1) is 13.2 Å². The van der Waals surface area contributed by atoms with Crippen LogP contribution in [-0.2, 0) is 11.9 Å². The number of benzene rings is 1. The quantitative estimate of drug-likeness (QED) is 0.724. The summed E-state index contributed by atoms with van der Waals surface area (Å²) in [5, 5.41) is 0.710. The molecule has 0 aliphatic heterocycles. The van der Waals surface area contributed by atoms with E-state index in [1.807, 2.05) is 19.1 Å². The molecule has 0 spiro atoms. The Morgan fingerprint density at radius 3 is 2.38 bits per heavy atom. The Morgan fingerprint density at radius 1 is 1.14 bits per heavy atom. The number of hydrogen-bond acceptors (Lipinski definition) is 0. The fourth-order valence-electron chi connectivity index (χ4n) is 2.44. The molecule has 112 valence electrons. The van der Waals surface area contributed by atoms with E-state index in [1.165, 1.54) is 0 Å². The van der Waals surface area contributed by atoms with Crippen LogP contribution in [0.4, 0.5) is 13.2 Å². The van der Waals surface area contributed by atoms with Gasteiger partial charge in [0.05, 0.1) is 0 Å². The summed E-state index contributed by atoms with van der Waals surface area (Å²) in [7, 11) is -1.81. The zero-order valence-electron chi connectivity index (χ0n) is 11.4. The first-order valence-electron chi connectivity index (χ1n) is 6.55. The van der Waals surface area contributed by atoms with E-state index < -0.39 is 16.0 Å². The number of hydrogen-bond donors (Lipinski definition) is 0. The molecule has 1 unspecified atom stereocenters. The molecule has 1 aliphatic rings. The van der Waals surface area contributed by atoms with Crippen molar-refractivity contribution >= 4 is 26.1 Å². The van der Waals surface area contributed by atoms with Crippen molar-refractivity contribution in [2.24, 2.45) is 0 Å².